The van der Waals surface area contributed by atoms with Gasteiger partial charge >= 0.3 is 17.9 Å². The molecule has 1 aromatic carbocycles. The Kier molecular flexibility index (Phi) is 12.0. The molecule has 1 aliphatic rings. The van der Waals surface area contributed by atoms with Crippen molar-refractivity contribution in [3.05, 3.63) is 42.5 Å². The Morgan fingerprint density at radius 2 is 1.47 bits per heavy atom. The fourth-order valence-corrected chi connectivity index (χ4v) is 4.12. The number of hydrogen-bond donors (Lipinski definition) is 5. The van der Waals surface area contributed by atoms with Gasteiger partial charge in [0.05, 0.1) is 19.6 Å². The second kappa shape index (κ2) is 14.9. The quantitative estimate of drug-likeness (QED) is 0.260. The Labute approximate surface area is 210 Å². The number of carboxylic acids is 3. The maximum atomic E-state index is 11.7. The van der Waals surface area contributed by atoms with Crippen molar-refractivity contribution in [1.82, 2.24) is 20.0 Å². The molecule has 0 radical (unpaired) electrons. The molecule has 1 aromatic rings. The van der Waals surface area contributed by atoms with Crippen LogP contribution in [0.3, 0.4) is 0 Å². The molecule has 0 aliphatic carbocycles. The van der Waals surface area contributed by atoms with E-state index < -0.39 is 17.9 Å². The molecule has 0 aromatic heterocycles. The number of hydrogen-bond acceptors (Lipinski definition) is 8. The van der Waals surface area contributed by atoms with Crippen LogP contribution in [0, 0.1) is 0 Å². The molecule has 1 heterocycles. The summed E-state index contributed by atoms with van der Waals surface area (Å²) in [5.74, 6) is -3.29. The molecule has 1 amide bonds. The number of carbonyl (C=O) groups excluding carboxylic acids is 1. The van der Waals surface area contributed by atoms with Gasteiger partial charge in [-0.05, 0) is 30.2 Å². The fraction of sp³-hybridized carbons (Fsp3) is 0.500. The Hall–Kier alpha value is -3.32. The normalized spacial score (nSPS) is 18.9. The van der Waals surface area contributed by atoms with Gasteiger partial charge in [0.2, 0.25) is 5.91 Å². The Bertz CT molecular complexity index is 909. The third kappa shape index (κ3) is 11.0. The van der Waals surface area contributed by atoms with Gasteiger partial charge in [0, 0.05) is 57.5 Å². The van der Waals surface area contributed by atoms with Crippen molar-refractivity contribution in [2.24, 2.45) is 0 Å². The molecular weight excluding hydrogens is 470 g/mol. The minimum Gasteiger partial charge on any atom is -0.480 e. The van der Waals surface area contributed by atoms with Crippen molar-refractivity contribution >= 4 is 29.5 Å². The van der Waals surface area contributed by atoms with Gasteiger partial charge in [0.15, 0.2) is 0 Å². The number of nitrogens with one attached hydrogen (secondary N) is 2. The lowest BCUT2D eigenvalue weighted by molar-refractivity contribution is -0.141. The standard InChI is InChI=1S/C24H35N5O7/c1-2-21(30)26-19-5-3-18(4-6-19)13-20-14-28(16-23(33)34)10-8-25-7-9-27(15-22(31)32)11-12-29(20)17-24(35)36/h2-6,20,25H,1,7-17H2,(H,26,30)(H,31,32)(H,33,34)(H,35,36). The number of anilines is 1. The van der Waals surface area contributed by atoms with Crippen LogP contribution in [0.15, 0.2) is 36.9 Å². The van der Waals surface area contributed by atoms with E-state index in [1.54, 1.807) is 26.8 Å². The first-order valence-corrected chi connectivity index (χ1v) is 11.7. The minimum absolute atomic E-state index is 0.156. The van der Waals surface area contributed by atoms with Crippen LogP contribution in [-0.4, -0.2) is 125 Å². The molecule has 1 atom stereocenters. The van der Waals surface area contributed by atoms with Gasteiger partial charge < -0.3 is 26.0 Å². The van der Waals surface area contributed by atoms with E-state index in [1.165, 1.54) is 6.08 Å². The molecule has 1 aliphatic heterocycles. The van der Waals surface area contributed by atoms with Gasteiger partial charge in [-0.2, -0.15) is 0 Å². The summed E-state index contributed by atoms with van der Waals surface area (Å²) in [6, 6.07) is 6.78. The Morgan fingerprint density at radius 1 is 0.889 bits per heavy atom. The SMILES string of the molecule is C=CC(=O)Nc1ccc(CC2CN(CC(=O)O)CCNCCN(CC(=O)O)CCN2CC(=O)O)cc1. The molecule has 12 heteroatoms. The lowest BCUT2D eigenvalue weighted by atomic mass is 10.0. The van der Waals surface area contributed by atoms with Crippen molar-refractivity contribution in [3.63, 3.8) is 0 Å². The van der Waals surface area contributed by atoms with Gasteiger partial charge in [-0.15, -0.1) is 0 Å². The molecule has 1 unspecified atom stereocenters. The van der Waals surface area contributed by atoms with Crippen molar-refractivity contribution in [2.45, 2.75) is 12.5 Å². The maximum absolute atomic E-state index is 11.7. The smallest absolute Gasteiger partial charge is 0.317 e. The highest BCUT2D eigenvalue weighted by Gasteiger charge is 2.26. The second-order valence-electron chi connectivity index (χ2n) is 8.66. The van der Waals surface area contributed by atoms with Crippen LogP contribution in [0.5, 0.6) is 0 Å². The van der Waals surface area contributed by atoms with Crippen LogP contribution < -0.4 is 10.6 Å². The lowest BCUT2D eigenvalue weighted by Gasteiger charge is -2.36. The summed E-state index contributed by atoms with van der Waals surface area (Å²) in [5, 5.41) is 34.2. The predicted molar refractivity (Wildman–Crippen MR) is 133 cm³/mol. The molecule has 0 bridgehead atoms. The third-order valence-electron chi connectivity index (χ3n) is 5.83. The van der Waals surface area contributed by atoms with Crippen LogP contribution in [0.4, 0.5) is 5.69 Å². The molecule has 1 fully saturated rings. The van der Waals surface area contributed by atoms with Crippen LogP contribution in [0.1, 0.15) is 5.56 Å². The lowest BCUT2D eigenvalue weighted by Crippen LogP contribution is -2.52. The molecule has 0 spiro atoms. The number of carbonyl (C=O) groups is 4. The molecule has 0 saturated carbocycles. The van der Waals surface area contributed by atoms with Crippen LogP contribution in [-0.2, 0) is 25.6 Å². The van der Waals surface area contributed by atoms with Gasteiger partial charge in [-0.25, -0.2) is 0 Å². The summed E-state index contributed by atoms with van der Waals surface area (Å²) in [5.41, 5.74) is 1.47. The predicted octanol–water partition coefficient (Wildman–Crippen LogP) is -0.515. The van der Waals surface area contributed by atoms with E-state index >= 15 is 0 Å². The van der Waals surface area contributed by atoms with Gasteiger partial charge in [0.25, 0.3) is 0 Å². The summed E-state index contributed by atoms with van der Waals surface area (Å²) in [6.07, 6.45) is 1.60. The fourth-order valence-electron chi connectivity index (χ4n) is 4.12. The van der Waals surface area contributed by atoms with Crippen LogP contribution >= 0.6 is 0 Å². The first-order chi connectivity index (χ1) is 17.2. The monoisotopic (exact) mass is 505 g/mol. The van der Waals surface area contributed by atoms with Crippen molar-refractivity contribution in [2.75, 3.05) is 70.8 Å². The maximum Gasteiger partial charge on any atom is 0.317 e. The van der Waals surface area contributed by atoms with Crippen molar-refractivity contribution in [1.29, 1.82) is 0 Å². The molecule has 2 rings (SSSR count). The van der Waals surface area contributed by atoms with Crippen molar-refractivity contribution in [3.8, 4) is 0 Å². The van der Waals surface area contributed by atoms with Crippen LogP contribution in [0.2, 0.25) is 0 Å². The van der Waals surface area contributed by atoms with E-state index in [2.05, 4.69) is 17.2 Å². The third-order valence-corrected chi connectivity index (χ3v) is 5.83. The van der Waals surface area contributed by atoms with E-state index in [-0.39, 0.29) is 31.6 Å². The van der Waals surface area contributed by atoms with E-state index in [0.29, 0.717) is 57.9 Å². The zero-order valence-electron chi connectivity index (χ0n) is 20.3. The number of nitrogens with zero attached hydrogens (tertiary/aromatic N) is 3. The van der Waals surface area contributed by atoms with Gasteiger partial charge in [-0.3, -0.25) is 33.9 Å². The molecule has 5 N–H and O–H groups in total. The number of benzene rings is 1. The summed E-state index contributed by atoms with van der Waals surface area (Å²) in [6.45, 7) is 5.74. The Balaban J connectivity index is 2.30. The summed E-state index contributed by atoms with van der Waals surface area (Å²) < 4.78 is 0. The highest BCUT2D eigenvalue weighted by molar-refractivity contribution is 5.98. The molecular formula is C24H35N5O7. The average molecular weight is 506 g/mol. The number of rotatable bonds is 10. The second-order valence-corrected chi connectivity index (χ2v) is 8.66. The Morgan fingerprint density at radius 3 is 2.06 bits per heavy atom. The summed E-state index contributed by atoms with van der Waals surface area (Å²) in [7, 11) is 0. The van der Waals surface area contributed by atoms with E-state index in [1.807, 2.05) is 12.1 Å². The number of carboxylic acid groups (broad SMARTS) is 3. The van der Waals surface area contributed by atoms with Crippen LogP contribution in [0.25, 0.3) is 0 Å². The summed E-state index contributed by atoms with van der Waals surface area (Å²) in [4.78, 5) is 51.4. The highest BCUT2D eigenvalue weighted by atomic mass is 16.4. The molecule has 1 saturated heterocycles. The largest absolute Gasteiger partial charge is 0.480 e. The van der Waals surface area contributed by atoms with Gasteiger partial charge in [-0.1, -0.05) is 18.7 Å². The number of aliphatic carboxylic acids is 3. The zero-order valence-corrected chi connectivity index (χ0v) is 20.3. The summed E-state index contributed by atoms with van der Waals surface area (Å²) >= 11 is 0. The zero-order chi connectivity index (χ0) is 26.5. The molecule has 12 nitrogen and oxygen atoms in total. The van der Waals surface area contributed by atoms with E-state index in [9.17, 15) is 34.5 Å². The number of amides is 1. The average Bonchev–Trinajstić information content (AvgIpc) is 2.80. The highest BCUT2D eigenvalue weighted by Crippen LogP contribution is 2.15. The van der Waals surface area contributed by atoms with Gasteiger partial charge in [0.1, 0.15) is 0 Å². The minimum atomic E-state index is -1.02. The van der Waals surface area contributed by atoms with E-state index in [0.717, 1.165) is 5.56 Å². The van der Waals surface area contributed by atoms with Crippen molar-refractivity contribution < 1.29 is 34.5 Å². The molecule has 198 valence electrons. The first kappa shape index (κ1) is 28.9. The molecule has 36 heavy (non-hydrogen) atoms. The first-order valence-electron chi connectivity index (χ1n) is 11.7. The topological polar surface area (TPSA) is 163 Å². The van der Waals surface area contributed by atoms with E-state index in [4.69, 9.17) is 0 Å².